The Bertz CT molecular complexity index is 1150. The second-order valence-electron chi connectivity index (χ2n) is 12.0. The van der Waals surface area contributed by atoms with Crippen LogP contribution in [0.25, 0.3) is 11.1 Å². The molecule has 2 aromatic carbocycles. The van der Waals surface area contributed by atoms with Crippen LogP contribution in [0.3, 0.4) is 0 Å². The number of nitrogens with zero attached hydrogens (tertiary/aromatic N) is 2. The Hall–Kier alpha value is -2.87. The number of unbranched alkanes of at least 4 members (excludes halogenated alkanes) is 1. The Labute approximate surface area is 241 Å². The summed E-state index contributed by atoms with van der Waals surface area (Å²) in [5.41, 5.74) is 2.23. The summed E-state index contributed by atoms with van der Waals surface area (Å²) in [5, 5.41) is 2.21. The third-order valence-corrected chi connectivity index (χ3v) is 9.39. The number of carbonyl (C=O) groups excluding carboxylic acids is 2. The number of piperazine rings is 1. The molecule has 0 unspecified atom stereocenters. The summed E-state index contributed by atoms with van der Waals surface area (Å²) in [7, 11) is 0. The first-order valence-electron chi connectivity index (χ1n) is 15.3. The Morgan fingerprint density at radius 3 is 2.07 bits per heavy atom. The topological polar surface area (TPSA) is 52.7 Å². The van der Waals surface area contributed by atoms with Crippen molar-refractivity contribution >= 4 is 11.8 Å². The van der Waals surface area contributed by atoms with E-state index in [1.54, 1.807) is 0 Å². The molecule has 3 aliphatic rings. The summed E-state index contributed by atoms with van der Waals surface area (Å²) >= 11 is 0. The molecule has 0 radical (unpaired) electrons. The van der Waals surface area contributed by atoms with E-state index in [4.69, 9.17) is 0 Å². The van der Waals surface area contributed by atoms with Crippen LogP contribution in [-0.2, 0) is 15.0 Å². The van der Waals surface area contributed by atoms with Crippen molar-refractivity contribution in [3.63, 3.8) is 0 Å². The van der Waals surface area contributed by atoms with E-state index in [0.717, 1.165) is 67.8 Å². The number of alkyl halides is 3. The van der Waals surface area contributed by atoms with Crippen LogP contribution in [0.2, 0.25) is 0 Å². The summed E-state index contributed by atoms with van der Waals surface area (Å²) in [6.45, 7) is 2.65. The molecular formula is C33H42F3N3O2. The minimum Gasteiger partial charge on any atom is -0.346 e. The number of hydrogen-bond acceptors (Lipinski definition) is 3. The largest absolute Gasteiger partial charge is 0.405 e. The zero-order valence-electron chi connectivity index (χ0n) is 23.9. The normalized spacial score (nSPS) is 19.0. The summed E-state index contributed by atoms with van der Waals surface area (Å²) in [4.78, 5) is 30.8. The van der Waals surface area contributed by atoms with Crippen LogP contribution in [-0.4, -0.2) is 67.1 Å². The molecule has 0 atom stereocenters. The fourth-order valence-corrected chi connectivity index (χ4v) is 7.19. The molecule has 41 heavy (non-hydrogen) atoms. The average Bonchev–Trinajstić information content (AvgIpc) is 3.28. The predicted molar refractivity (Wildman–Crippen MR) is 154 cm³/mol. The maximum atomic E-state index is 13.6. The smallest absolute Gasteiger partial charge is 0.346 e. The van der Waals surface area contributed by atoms with Crippen molar-refractivity contribution in [3.8, 4) is 11.1 Å². The molecule has 2 aliphatic carbocycles. The van der Waals surface area contributed by atoms with Gasteiger partial charge in [-0.3, -0.25) is 14.5 Å². The van der Waals surface area contributed by atoms with Gasteiger partial charge in [0.2, 0.25) is 11.8 Å². The number of fused-ring (bicyclic) bond motifs is 3. The van der Waals surface area contributed by atoms with Gasteiger partial charge in [0, 0.05) is 32.6 Å². The lowest BCUT2D eigenvalue weighted by Crippen LogP contribution is -2.49. The Balaban J connectivity index is 1.17. The lowest BCUT2D eigenvalue weighted by Gasteiger charge is -2.35. The molecule has 0 bridgehead atoms. The van der Waals surface area contributed by atoms with Crippen LogP contribution in [0.1, 0.15) is 75.3 Å². The van der Waals surface area contributed by atoms with E-state index in [9.17, 15) is 22.8 Å². The molecule has 8 heteroatoms. The summed E-state index contributed by atoms with van der Waals surface area (Å²) in [5.74, 6) is 0.403. The minimum atomic E-state index is -4.48. The third-order valence-electron chi connectivity index (χ3n) is 9.39. The molecule has 0 spiro atoms. The standard InChI is InChI=1S/C33H42F3N3O2/c34-33(35,36)24-37-31(41)32(28-14-6-4-12-26(28)27-13-5-7-15-29(27)32)18-8-9-19-38-20-22-39(23-21-38)30(40)17-16-25-10-2-1-3-11-25/h4-7,12-15,25H,1-3,8-11,16-24H2,(H,37,41). The van der Waals surface area contributed by atoms with Gasteiger partial charge in [0.15, 0.2) is 0 Å². The molecule has 1 N–H and O–H groups in total. The Morgan fingerprint density at radius 2 is 1.46 bits per heavy atom. The van der Waals surface area contributed by atoms with Crippen molar-refractivity contribution in [2.24, 2.45) is 5.92 Å². The van der Waals surface area contributed by atoms with Crippen LogP contribution >= 0.6 is 0 Å². The van der Waals surface area contributed by atoms with Crippen molar-refractivity contribution in [1.29, 1.82) is 0 Å². The second kappa shape index (κ2) is 13.0. The van der Waals surface area contributed by atoms with Crippen LogP contribution in [0.15, 0.2) is 48.5 Å². The lowest BCUT2D eigenvalue weighted by molar-refractivity contribution is -0.141. The number of nitrogens with one attached hydrogen (secondary N) is 1. The zero-order valence-corrected chi connectivity index (χ0v) is 23.9. The zero-order chi connectivity index (χ0) is 28.9. The van der Waals surface area contributed by atoms with E-state index in [-0.39, 0.29) is 5.91 Å². The predicted octanol–water partition coefficient (Wildman–Crippen LogP) is 6.31. The van der Waals surface area contributed by atoms with Gasteiger partial charge in [-0.2, -0.15) is 13.2 Å². The summed E-state index contributed by atoms with van der Waals surface area (Å²) < 4.78 is 39.3. The quantitative estimate of drug-likeness (QED) is 0.342. The minimum absolute atomic E-state index is 0.278. The number of hydrogen-bond donors (Lipinski definition) is 1. The van der Waals surface area contributed by atoms with E-state index >= 15 is 0 Å². The van der Waals surface area contributed by atoms with Gasteiger partial charge in [0.25, 0.3) is 0 Å². The number of carbonyl (C=O) groups is 2. The highest BCUT2D eigenvalue weighted by atomic mass is 19.4. The van der Waals surface area contributed by atoms with E-state index in [1.165, 1.54) is 32.1 Å². The molecule has 2 aromatic rings. The maximum absolute atomic E-state index is 13.6. The molecule has 1 saturated heterocycles. The molecule has 5 rings (SSSR count). The maximum Gasteiger partial charge on any atom is 0.405 e. The van der Waals surface area contributed by atoms with E-state index in [1.807, 2.05) is 53.4 Å². The first-order chi connectivity index (χ1) is 19.8. The van der Waals surface area contributed by atoms with Gasteiger partial charge in [-0.05, 0) is 54.0 Å². The molecule has 1 saturated carbocycles. The highest BCUT2D eigenvalue weighted by Crippen LogP contribution is 2.51. The van der Waals surface area contributed by atoms with E-state index in [0.29, 0.717) is 25.2 Å². The number of halogens is 3. The van der Waals surface area contributed by atoms with Gasteiger partial charge in [0.05, 0.1) is 0 Å². The highest BCUT2D eigenvalue weighted by Gasteiger charge is 2.49. The van der Waals surface area contributed by atoms with Crippen LogP contribution in [0.5, 0.6) is 0 Å². The summed E-state index contributed by atoms with van der Waals surface area (Å²) in [6, 6.07) is 15.2. The Morgan fingerprint density at radius 1 is 0.854 bits per heavy atom. The molecule has 2 amide bonds. The third kappa shape index (κ3) is 6.79. The number of benzene rings is 2. The second-order valence-corrected chi connectivity index (χ2v) is 12.0. The first kappa shape index (κ1) is 29.6. The van der Waals surface area contributed by atoms with Gasteiger partial charge in [-0.15, -0.1) is 0 Å². The van der Waals surface area contributed by atoms with Crippen LogP contribution in [0.4, 0.5) is 13.2 Å². The molecule has 222 valence electrons. The van der Waals surface area contributed by atoms with Crippen molar-refractivity contribution in [2.45, 2.75) is 75.8 Å². The van der Waals surface area contributed by atoms with Crippen molar-refractivity contribution in [1.82, 2.24) is 15.1 Å². The van der Waals surface area contributed by atoms with Gasteiger partial charge in [0.1, 0.15) is 12.0 Å². The van der Waals surface area contributed by atoms with Crippen LogP contribution < -0.4 is 5.32 Å². The molecular weight excluding hydrogens is 527 g/mol. The molecule has 0 aromatic heterocycles. The van der Waals surface area contributed by atoms with Crippen molar-refractivity contribution in [2.75, 3.05) is 39.3 Å². The monoisotopic (exact) mass is 569 g/mol. The molecule has 1 aliphatic heterocycles. The van der Waals surface area contributed by atoms with Gasteiger partial charge < -0.3 is 10.2 Å². The molecule has 1 heterocycles. The Kier molecular flexibility index (Phi) is 9.37. The molecule has 5 nitrogen and oxygen atoms in total. The van der Waals surface area contributed by atoms with Gasteiger partial charge in [-0.25, -0.2) is 0 Å². The fourth-order valence-electron chi connectivity index (χ4n) is 7.19. The van der Waals surface area contributed by atoms with Crippen molar-refractivity contribution in [3.05, 3.63) is 59.7 Å². The number of amides is 2. The highest BCUT2D eigenvalue weighted by molar-refractivity contribution is 6.00. The van der Waals surface area contributed by atoms with Crippen LogP contribution in [0, 0.1) is 5.92 Å². The first-order valence-corrected chi connectivity index (χ1v) is 15.3. The number of rotatable bonds is 10. The van der Waals surface area contributed by atoms with Gasteiger partial charge in [-0.1, -0.05) is 87.1 Å². The van der Waals surface area contributed by atoms with E-state index < -0.39 is 24.0 Å². The fraction of sp³-hybridized carbons (Fsp3) is 0.576. The lowest BCUT2D eigenvalue weighted by atomic mass is 9.73. The molecule has 2 fully saturated rings. The average molecular weight is 570 g/mol. The SMILES string of the molecule is O=C(CCC1CCCCC1)N1CCN(CCCCC2(C(=O)NCC(F)(F)F)c3ccccc3-c3ccccc32)CC1. The van der Waals surface area contributed by atoms with Gasteiger partial charge >= 0.3 is 6.18 Å². The van der Waals surface area contributed by atoms with E-state index in [2.05, 4.69) is 10.2 Å². The van der Waals surface area contributed by atoms with Crippen molar-refractivity contribution < 1.29 is 22.8 Å². The summed E-state index contributed by atoms with van der Waals surface area (Å²) in [6.07, 6.45) is 5.63.